The molecule has 0 atom stereocenters. The van der Waals surface area contributed by atoms with Crippen LogP contribution in [0.5, 0.6) is 0 Å². The highest BCUT2D eigenvalue weighted by Crippen LogP contribution is 2.34. The van der Waals surface area contributed by atoms with Crippen LogP contribution in [0.2, 0.25) is 0 Å². The maximum absolute atomic E-state index is 13.0. The van der Waals surface area contributed by atoms with Crippen LogP contribution < -0.4 is 5.56 Å². The zero-order valence-corrected chi connectivity index (χ0v) is 16.0. The van der Waals surface area contributed by atoms with Crippen molar-refractivity contribution in [2.24, 2.45) is 0 Å². The third kappa shape index (κ3) is 2.71. The number of hydrogen-bond acceptors (Lipinski definition) is 7. The molecular weight excluding hydrogens is 354 g/mol. The summed E-state index contributed by atoms with van der Waals surface area (Å²) in [6.45, 7) is 5.09. The molecule has 0 aromatic carbocycles. The molecule has 1 fully saturated rings. The summed E-state index contributed by atoms with van der Waals surface area (Å²) in [5.74, 6) is 0. The van der Waals surface area contributed by atoms with Gasteiger partial charge in [-0.1, -0.05) is 11.3 Å². The van der Waals surface area contributed by atoms with Gasteiger partial charge in [-0.3, -0.25) is 9.69 Å². The molecular formula is C17H21N5OS2. The summed E-state index contributed by atoms with van der Waals surface area (Å²) in [4.78, 5) is 25.6. The second-order valence-electron chi connectivity index (χ2n) is 7.08. The fourth-order valence-corrected chi connectivity index (χ4v) is 6.07. The van der Waals surface area contributed by atoms with E-state index in [1.54, 1.807) is 27.2 Å². The average molecular weight is 376 g/mol. The summed E-state index contributed by atoms with van der Waals surface area (Å²) >= 11 is 3.27. The largest absolute Gasteiger partial charge is 0.304 e. The van der Waals surface area contributed by atoms with E-state index in [0.29, 0.717) is 0 Å². The number of fused-ring (bicyclic) bond motifs is 4. The van der Waals surface area contributed by atoms with Crippen LogP contribution in [0.1, 0.15) is 28.3 Å². The van der Waals surface area contributed by atoms with E-state index in [1.165, 1.54) is 23.3 Å². The number of rotatable bonds is 2. The van der Waals surface area contributed by atoms with Gasteiger partial charge in [0.2, 0.25) is 4.96 Å². The Morgan fingerprint density at radius 1 is 1.08 bits per heavy atom. The minimum absolute atomic E-state index is 0.0280. The topological polar surface area (TPSA) is 53.7 Å². The van der Waals surface area contributed by atoms with Crippen LogP contribution >= 0.6 is 22.7 Å². The van der Waals surface area contributed by atoms with Crippen LogP contribution in [0, 0.1) is 0 Å². The molecule has 1 aliphatic heterocycles. The summed E-state index contributed by atoms with van der Waals surface area (Å²) in [7, 11) is 2.16. The molecule has 3 aromatic heterocycles. The van der Waals surface area contributed by atoms with E-state index in [-0.39, 0.29) is 5.56 Å². The molecule has 1 aliphatic carbocycles. The van der Waals surface area contributed by atoms with Gasteiger partial charge in [-0.2, -0.15) is 9.61 Å². The zero-order valence-electron chi connectivity index (χ0n) is 14.3. The van der Waals surface area contributed by atoms with Gasteiger partial charge in [0.15, 0.2) is 0 Å². The summed E-state index contributed by atoms with van der Waals surface area (Å²) < 4.78 is 1.54. The number of thiophene rings is 1. The van der Waals surface area contributed by atoms with Crippen molar-refractivity contribution in [3.05, 3.63) is 25.8 Å². The molecule has 0 bridgehead atoms. The number of piperazine rings is 1. The predicted molar refractivity (Wildman–Crippen MR) is 102 cm³/mol. The molecule has 5 rings (SSSR count). The molecule has 0 unspecified atom stereocenters. The highest BCUT2D eigenvalue weighted by Gasteiger charge is 2.22. The lowest BCUT2D eigenvalue weighted by molar-refractivity contribution is 0.148. The lowest BCUT2D eigenvalue weighted by atomic mass is 9.97. The van der Waals surface area contributed by atoms with Crippen molar-refractivity contribution in [1.29, 1.82) is 0 Å². The van der Waals surface area contributed by atoms with E-state index >= 15 is 0 Å². The van der Waals surface area contributed by atoms with Gasteiger partial charge in [-0.25, -0.2) is 4.98 Å². The molecule has 132 valence electrons. The molecule has 0 N–H and O–H groups in total. The van der Waals surface area contributed by atoms with Crippen molar-refractivity contribution < 1.29 is 0 Å². The van der Waals surface area contributed by atoms with Crippen molar-refractivity contribution in [3.8, 4) is 0 Å². The smallest absolute Gasteiger partial charge is 0.284 e. The fourth-order valence-electron chi connectivity index (χ4n) is 3.83. The van der Waals surface area contributed by atoms with Crippen molar-refractivity contribution in [2.75, 3.05) is 33.2 Å². The highest BCUT2D eigenvalue weighted by molar-refractivity contribution is 7.19. The van der Waals surface area contributed by atoms with Gasteiger partial charge in [-0.15, -0.1) is 11.3 Å². The van der Waals surface area contributed by atoms with E-state index in [4.69, 9.17) is 4.98 Å². The maximum Gasteiger partial charge on any atom is 0.284 e. The number of likely N-dealkylation sites (N-methyl/N-ethyl adjacent to an activating group) is 1. The molecule has 8 heteroatoms. The Morgan fingerprint density at radius 3 is 2.72 bits per heavy atom. The standard InChI is InChI=1S/C17H21N5OS2/c1-20-6-8-21(9-7-20)10-13-19-22-16(23)14-11-4-2-3-5-12(11)24-15(14)18-17(22)25-13/h2-10H2,1H3. The first kappa shape index (κ1) is 15.9. The van der Waals surface area contributed by atoms with Gasteiger partial charge in [0.1, 0.15) is 9.84 Å². The molecule has 4 heterocycles. The Labute approximate surface area is 153 Å². The van der Waals surface area contributed by atoms with Gasteiger partial charge in [0, 0.05) is 31.1 Å². The Balaban J connectivity index is 1.54. The van der Waals surface area contributed by atoms with Gasteiger partial charge in [-0.05, 0) is 38.3 Å². The van der Waals surface area contributed by atoms with Crippen LogP contribution in [-0.2, 0) is 19.4 Å². The van der Waals surface area contributed by atoms with Gasteiger partial charge in [0.25, 0.3) is 5.56 Å². The maximum atomic E-state index is 13.0. The van der Waals surface area contributed by atoms with Gasteiger partial charge < -0.3 is 4.90 Å². The number of aryl methyl sites for hydroxylation is 2. The summed E-state index contributed by atoms with van der Waals surface area (Å²) in [6.07, 6.45) is 4.50. The second-order valence-corrected chi connectivity index (χ2v) is 9.20. The quantitative estimate of drug-likeness (QED) is 0.686. The number of hydrogen-bond donors (Lipinski definition) is 0. The molecule has 1 saturated heterocycles. The molecule has 0 spiro atoms. The highest BCUT2D eigenvalue weighted by atomic mass is 32.1. The SMILES string of the molecule is CN1CCN(Cc2nn3c(=O)c4c5c(sc4nc3s2)CCCC5)CC1. The lowest BCUT2D eigenvalue weighted by Crippen LogP contribution is -2.43. The van der Waals surface area contributed by atoms with Crippen molar-refractivity contribution in [3.63, 3.8) is 0 Å². The molecule has 3 aromatic rings. The van der Waals surface area contributed by atoms with Gasteiger partial charge in [0.05, 0.1) is 11.9 Å². The Kier molecular flexibility index (Phi) is 3.89. The van der Waals surface area contributed by atoms with Crippen LogP contribution in [0.4, 0.5) is 0 Å². The predicted octanol–water partition coefficient (Wildman–Crippen LogP) is 1.99. The molecule has 0 amide bonds. The first-order valence-corrected chi connectivity index (χ1v) is 10.6. The summed E-state index contributed by atoms with van der Waals surface area (Å²) in [5.41, 5.74) is 1.27. The molecule has 0 saturated carbocycles. The van der Waals surface area contributed by atoms with Crippen LogP contribution in [0.15, 0.2) is 4.79 Å². The van der Waals surface area contributed by atoms with E-state index in [9.17, 15) is 4.79 Å². The fraction of sp³-hybridized carbons (Fsp3) is 0.588. The van der Waals surface area contributed by atoms with Crippen molar-refractivity contribution in [1.82, 2.24) is 24.4 Å². The first-order valence-electron chi connectivity index (χ1n) is 8.93. The lowest BCUT2D eigenvalue weighted by Gasteiger charge is -2.31. The molecule has 2 aliphatic rings. The zero-order chi connectivity index (χ0) is 17.0. The minimum atomic E-state index is 0.0280. The summed E-state index contributed by atoms with van der Waals surface area (Å²) in [6, 6.07) is 0. The Hall–Kier alpha value is -1.35. The third-order valence-corrected chi connectivity index (χ3v) is 7.39. The third-order valence-electron chi connectivity index (χ3n) is 5.31. The first-order chi connectivity index (χ1) is 12.2. The Morgan fingerprint density at radius 2 is 1.88 bits per heavy atom. The normalized spacial score (nSPS) is 19.7. The Bertz CT molecular complexity index is 996. The van der Waals surface area contributed by atoms with Gasteiger partial charge >= 0.3 is 0 Å². The number of aromatic nitrogens is 3. The van der Waals surface area contributed by atoms with Crippen LogP contribution in [0.25, 0.3) is 15.2 Å². The number of nitrogens with zero attached hydrogens (tertiary/aromatic N) is 5. The van der Waals surface area contributed by atoms with Crippen molar-refractivity contribution in [2.45, 2.75) is 32.2 Å². The van der Waals surface area contributed by atoms with E-state index < -0.39 is 0 Å². The van der Waals surface area contributed by atoms with Crippen LogP contribution in [0.3, 0.4) is 0 Å². The molecule has 25 heavy (non-hydrogen) atoms. The average Bonchev–Trinajstić information content (AvgIpc) is 3.18. The monoisotopic (exact) mass is 375 g/mol. The van der Waals surface area contributed by atoms with Crippen molar-refractivity contribution >= 4 is 37.9 Å². The van der Waals surface area contributed by atoms with E-state index in [2.05, 4.69) is 21.9 Å². The minimum Gasteiger partial charge on any atom is -0.304 e. The summed E-state index contributed by atoms with van der Waals surface area (Å²) in [5, 5.41) is 6.43. The second kappa shape index (κ2) is 6.12. The van der Waals surface area contributed by atoms with E-state index in [1.807, 2.05) is 0 Å². The molecule has 0 radical (unpaired) electrons. The molecule has 6 nitrogen and oxygen atoms in total. The van der Waals surface area contributed by atoms with E-state index in [0.717, 1.165) is 65.8 Å². The van der Waals surface area contributed by atoms with Crippen LogP contribution in [-0.4, -0.2) is 57.6 Å².